The highest BCUT2D eigenvalue weighted by Gasteiger charge is 2.15. The molecule has 0 atom stereocenters. The zero-order valence-electron chi connectivity index (χ0n) is 12.5. The summed E-state index contributed by atoms with van der Waals surface area (Å²) in [6, 6.07) is 18.2. The number of hydrogen-bond donors (Lipinski definition) is 0. The molecule has 2 aromatic heterocycles. The van der Waals surface area contributed by atoms with E-state index in [0.29, 0.717) is 18.3 Å². The van der Waals surface area contributed by atoms with Crippen molar-refractivity contribution in [2.45, 2.75) is 13.5 Å². The molecule has 0 aliphatic carbocycles. The average molecular weight is 324 g/mol. The van der Waals surface area contributed by atoms with Crippen LogP contribution in [0.1, 0.15) is 11.5 Å². The molecule has 4 nitrogen and oxygen atoms in total. The molecule has 2 heterocycles. The fourth-order valence-electron chi connectivity index (χ4n) is 2.78. The van der Waals surface area contributed by atoms with Crippen molar-refractivity contribution in [1.29, 1.82) is 0 Å². The second kappa shape index (κ2) is 5.56. The summed E-state index contributed by atoms with van der Waals surface area (Å²) in [5.74, 6) is 1.08. The normalized spacial score (nSPS) is 11.2. The molecule has 0 amide bonds. The highest BCUT2D eigenvalue weighted by molar-refractivity contribution is 6.30. The lowest BCUT2D eigenvalue weighted by atomic mass is 10.2. The number of halogens is 1. The first-order valence-corrected chi connectivity index (χ1v) is 7.72. The van der Waals surface area contributed by atoms with Crippen LogP contribution in [-0.4, -0.2) is 14.8 Å². The maximum absolute atomic E-state index is 6.11. The Morgan fingerprint density at radius 2 is 1.91 bits per heavy atom. The Hall–Kier alpha value is -2.59. The van der Waals surface area contributed by atoms with Gasteiger partial charge in [-0.15, -0.1) is 10.2 Å². The SMILES string of the molecule is Cc1nnc(-c2cc3ccccc3n2Cc2cccc(Cl)c2)o1. The molecule has 0 N–H and O–H groups in total. The molecule has 0 saturated heterocycles. The highest BCUT2D eigenvalue weighted by atomic mass is 35.5. The number of rotatable bonds is 3. The van der Waals surface area contributed by atoms with Gasteiger partial charge in [0.1, 0.15) is 5.69 Å². The fraction of sp³-hybridized carbons (Fsp3) is 0.111. The van der Waals surface area contributed by atoms with Crippen LogP contribution < -0.4 is 0 Å². The molecule has 0 radical (unpaired) electrons. The van der Waals surface area contributed by atoms with Gasteiger partial charge in [0, 0.05) is 29.4 Å². The summed E-state index contributed by atoms with van der Waals surface area (Å²) in [6.07, 6.45) is 0. The lowest BCUT2D eigenvalue weighted by molar-refractivity contribution is 0.528. The monoisotopic (exact) mass is 323 g/mol. The van der Waals surface area contributed by atoms with Crippen molar-refractivity contribution < 1.29 is 4.42 Å². The molecule has 0 aliphatic rings. The number of para-hydroxylation sites is 1. The molecular formula is C18H14ClN3O. The summed E-state index contributed by atoms with van der Waals surface area (Å²) in [7, 11) is 0. The molecule has 0 fully saturated rings. The molecule has 5 heteroatoms. The van der Waals surface area contributed by atoms with E-state index in [-0.39, 0.29) is 0 Å². The van der Waals surface area contributed by atoms with Crippen LogP contribution in [0.15, 0.2) is 59.0 Å². The molecule has 4 rings (SSSR count). The van der Waals surface area contributed by atoms with Crippen molar-refractivity contribution in [2.24, 2.45) is 0 Å². The van der Waals surface area contributed by atoms with Gasteiger partial charge in [-0.25, -0.2) is 0 Å². The van der Waals surface area contributed by atoms with Crippen molar-refractivity contribution in [3.8, 4) is 11.6 Å². The van der Waals surface area contributed by atoms with Crippen LogP contribution in [0.5, 0.6) is 0 Å². The molecule has 0 spiro atoms. The first-order valence-electron chi connectivity index (χ1n) is 7.34. The topological polar surface area (TPSA) is 43.9 Å². The maximum atomic E-state index is 6.11. The predicted octanol–water partition coefficient (Wildman–Crippen LogP) is 4.70. The van der Waals surface area contributed by atoms with Gasteiger partial charge in [-0.3, -0.25) is 0 Å². The van der Waals surface area contributed by atoms with Crippen LogP contribution in [0.2, 0.25) is 5.02 Å². The van der Waals surface area contributed by atoms with E-state index in [2.05, 4.69) is 39.0 Å². The van der Waals surface area contributed by atoms with E-state index in [1.807, 2.05) is 30.3 Å². The van der Waals surface area contributed by atoms with Crippen molar-refractivity contribution in [1.82, 2.24) is 14.8 Å². The van der Waals surface area contributed by atoms with Crippen molar-refractivity contribution in [3.05, 3.63) is 71.1 Å². The van der Waals surface area contributed by atoms with Crippen LogP contribution in [0, 0.1) is 6.92 Å². The molecule has 0 saturated carbocycles. The van der Waals surface area contributed by atoms with Gasteiger partial charge in [0.05, 0.1) is 0 Å². The molecule has 4 aromatic rings. The smallest absolute Gasteiger partial charge is 0.264 e. The molecule has 23 heavy (non-hydrogen) atoms. The lowest BCUT2D eigenvalue weighted by Crippen LogP contribution is -2.01. The first-order chi connectivity index (χ1) is 11.2. The van der Waals surface area contributed by atoms with Crippen LogP contribution in [-0.2, 0) is 6.54 Å². The fourth-order valence-corrected chi connectivity index (χ4v) is 2.99. The molecule has 2 aromatic carbocycles. The molecule has 0 unspecified atom stereocenters. The minimum absolute atomic E-state index is 0.528. The Morgan fingerprint density at radius 1 is 1.04 bits per heavy atom. The van der Waals surface area contributed by atoms with Gasteiger partial charge < -0.3 is 8.98 Å². The number of aromatic nitrogens is 3. The molecule has 0 aliphatic heterocycles. The average Bonchev–Trinajstić information content (AvgIpc) is 3.12. The summed E-state index contributed by atoms with van der Waals surface area (Å²) >= 11 is 6.11. The Bertz CT molecular complexity index is 987. The summed E-state index contributed by atoms with van der Waals surface area (Å²) in [6.45, 7) is 2.48. The number of fused-ring (bicyclic) bond motifs is 1. The maximum Gasteiger partial charge on any atom is 0.264 e. The summed E-state index contributed by atoms with van der Waals surface area (Å²) in [5.41, 5.74) is 3.15. The zero-order chi connectivity index (χ0) is 15.8. The minimum Gasteiger partial charge on any atom is -0.420 e. The van der Waals surface area contributed by atoms with Gasteiger partial charge in [-0.05, 0) is 29.8 Å². The van der Waals surface area contributed by atoms with E-state index in [9.17, 15) is 0 Å². The van der Waals surface area contributed by atoms with Gasteiger partial charge in [0.2, 0.25) is 5.89 Å². The largest absolute Gasteiger partial charge is 0.420 e. The number of aryl methyl sites for hydroxylation is 1. The van der Waals surface area contributed by atoms with Crippen LogP contribution in [0.25, 0.3) is 22.5 Å². The summed E-state index contributed by atoms with van der Waals surface area (Å²) < 4.78 is 7.81. The van der Waals surface area contributed by atoms with Crippen LogP contribution >= 0.6 is 11.6 Å². The minimum atomic E-state index is 0.528. The highest BCUT2D eigenvalue weighted by Crippen LogP contribution is 2.28. The Kier molecular flexibility index (Phi) is 3.39. The summed E-state index contributed by atoms with van der Waals surface area (Å²) in [4.78, 5) is 0. The third kappa shape index (κ3) is 2.62. The van der Waals surface area contributed by atoms with Crippen molar-refractivity contribution in [3.63, 3.8) is 0 Å². The van der Waals surface area contributed by atoms with Crippen molar-refractivity contribution in [2.75, 3.05) is 0 Å². The van der Waals surface area contributed by atoms with E-state index in [1.165, 1.54) is 0 Å². The third-order valence-electron chi connectivity index (χ3n) is 3.79. The van der Waals surface area contributed by atoms with E-state index in [4.69, 9.17) is 16.0 Å². The molecule has 0 bridgehead atoms. The van der Waals surface area contributed by atoms with E-state index in [1.54, 1.807) is 6.92 Å². The molecular weight excluding hydrogens is 310 g/mol. The van der Waals surface area contributed by atoms with Crippen molar-refractivity contribution >= 4 is 22.5 Å². The second-order valence-electron chi connectivity index (χ2n) is 5.43. The standard InChI is InChI=1S/C18H14ClN3O/c1-12-20-21-18(23-12)17-10-14-6-2-3-8-16(14)22(17)11-13-5-4-7-15(19)9-13/h2-10H,11H2,1H3. The van der Waals surface area contributed by atoms with E-state index < -0.39 is 0 Å². The van der Waals surface area contributed by atoms with Crippen LogP contribution in [0.4, 0.5) is 0 Å². The Morgan fingerprint density at radius 3 is 2.70 bits per heavy atom. The summed E-state index contributed by atoms with van der Waals surface area (Å²) in [5, 5.41) is 9.98. The van der Waals surface area contributed by atoms with Crippen LogP contribution in [0.3, 0.4) is 0 Å². The Labute approximate surface area is 138 Å². The van der Waals surface area contributed by atoms with Gasteiger partial charge in [0.25, 0.3) is 5.89 Å². The first kappa shape index (κ1) is 14.0. The van der Waals surface area contributed by atoms with Gasteiger partial charge in [0.15, 0.2) is 0 Å². The number of benzene rings is 2. The molecule has 114 valence electrons. The zero-order valence-corrected chi connectivity index (χ0v) is 13.3. The Balaban J connectivity index is 1.89. The predicted molar refractivity (Wildman–Crippen MR) is 90.5 cm³/mol. The van der Waals surface area contributed by atoms with E-state index in [0.717, 1.165) is 27.2 Å². The number of hydrogen-bond acceptors (Lipinski definition) is 3. The van der Waals surface area contributed by atoms with Gasteiger partial charge in [-0.2, -0.15) is 0 Å². The van der Waals surface area contributed by atoms with Gasteiger partial charge >= 0.3 is 0 Å². The second-order valence-corrected chi connectivity index (χ2v) is 5.87. The number of nitrogens with zero attached hydrogens (tertiary/aromatic N) is 3. The van der Waals surface area contributed by atoms with E-state index >= 15 is 0 Å². The third-order valence-corrected chi connectivity index (χ3v) is 4.02. The lowest BCUT2D eigenvalue weighted by Gasteiger charge is -2.09. The quantitative estimate of drug-likeness (QED) is 0.549. The van der Waals surface area contributed by atoms with Gasteiger partial charge in [-0.1, -0.05) is 41.9 Å².